The van der Waals surface area contributed by atoms with Crippen molar-refractivity contribution in [1.82, 2.24) is 10.4 Å². The fourth-order valence-corrected chi connectivity index (χ4v) is 4.80. The zero-order valence-electron chi connectivity index (χ0n) is 21.1. The maximum atomic E-state index is 14.3. The van der Waals surface area contributed by atoms with E-state index in [2.05, 4.69) is 0 Å². The Balaban J connectivity index is 1.50. The maximum Gasteiger partial charge on any atom is 0.428 e. The van der Waals surface area contributed by atoms with Gasteiger partial charge in [0.2, 0.25) is 5.60 Å². The van der Waals surface area contributed by atoms with Crippen LogP contribution in [0, 0.1) is 0 Å². The van der Waals surface area contributed by atoms with Crippen LogP contribution in [0.3, 0.4) is 0 Å². The number of alkyl halides is 9. The molecule has 5 nitrogen and oxygen atoms in total. The van der Waals surface area contributed by atoms with E-state index in [0.29, 0.717) is 11.6 Å². The number of rotatable bonds is 4. The fraction of sp³-hybridized carbons (Fsp3) is 0.214. The summed E-state index contributed by atoms with van der Waals surface area (Å²) >= 11 is 0. The van der Waals surface area contributed by atoms with E-state index in [0.717, 1.165) is 4.90 Å². The number of hydrogen-bond donors (Lipinski definition) is 1. The lowest BCUT2D eigenvalue weighted by Crippen LogP contribution is -2.43. The molecular formula is C28H17F9N2O3. The van der Waals surface area contributed by atoms with Gasteiger partial charge in [0.15, 0.2) is 0 Å². The second kappa shape index (κ2) is 9.61. The van der Waals surface area contributed by atoms with E-state index in [9.17, 15) is 49.1 Å². The highest BCUT2D eigenvalue weighted by Crippen LogP contribution is 2.49. The van der Waals surface area contributed by atoms with Gasteiger partial charge in [-0.05, 0) is 54.5 Å². The number of benzene rings is 3. The summed E-state index contributed by atoms with van der Waals surface area (Å²) in [6, 6.07) is 10.5. The molecule has 220 valence electrons. The summed E-state index contributed by atoms with van der Waals surface area (Å²) in [5.41, 5.74) is -6.54. The Bertz CT molecular complexity index is 1540. The van der Waals surface area contributed by atoms with Crippen LogP contribution >= 0.6 is 0 Å². The Morgan fingerprint density at radius 1 is 0.762 bits per heavy atom. The highest BCUT2D eigenvalue weighted by atomic mass is 19.4. The predicted molar refractivity (Wildman–Crippen MR) is 128 cm³/mol. The summed E-state index contributed by atoms with van der Waals surface area (Å²) in [4.78, 5) is 31.3. The lowest BCUT2D eigenvalue weighted by molar-refractivity contribution is -0.269. The first kappa shape index (κ1) is 29.2. The van der Waals surface area contributed by atoms with Crippen molar-refractivity contribution in [1.29, 1.82) is 0 Å². The topological polar surface area (TPSA) is 58.6 Å². The number of carbonyl (C=O) groups is 2. The number of hydroxylamine groups is 1. The van der Waals surface area contributed by atoms with Crippen molar-refractivity contribution in [2.75, 3.05) is 0 Å². The first-order valence-corrected chi connectivity index (χ1v) is 12.0. The standard InChI is InChI=1S/C28H17F9N2O3/c1-14(39-23(40)20-4-2-3-5-21(20)24(39)41)15-6-8-16(9-7-15)22-13-25(42-38-22,28(35,36)37)17-10-18(26(29,30)31)12-19(11-17)27(32,33)34/h2-14,38H,1H3. The van der Waals surface area contributed by atoms with Crippen molar-refractivity contribution >= 4 is 17.5 Å². The van der Waals surface area contributed by atoms with E-state index in [1.807, 2.05) is 5.48 Å². The lowest BCUT2D eigenvalue weighted by Gasteiger charge is -2.29. The molecule has 0 saturated carbocycles. The van der Waals surface area contributed by atoms with Crippen LogP contribution in [0.15, 0.2) is 72.8 Å². The third kappa shape index (κ3) is 4.78. The van der Waals surface area contributed by atoms with E-state index < -0.39 is 64.4 Å². The first-order chi connectivity index (χ1) is 19.4. The summed E-state index contributed by atoms with van der Waals surface area (Å²) < 4.78 is 123. The molecule has 0 saturated heterocycles. The monoisotopic (exact) mass is 600 g/mol. The van der Waals surface area contributed by atoms with Gasteiger partial charge >= 0.3 is 18.5 Å². The Morgan fingerprint density at radius 3 is 1.71 bits per heavy atom. The number of imide groups is 1. The molecule has 2 aliphatic rings. The van der Waals surface area contributed by atoms with Crippen LogP contribution in [0.25, 0.3) is 5.70 Å². The quantitative estimate of drug-likeness (QED) is 0.250. The van der Waals surface area contributed by atoms with Crippen molar-refractivity contribution in [3.63, 3.8) is 0 Å². The van der Waals surface area contributed by atoms with Crippen molar-refractivity contribution in [2.45, 2.75) is 37.1 Å². The Morgan fingerprint density at radius 2 is 1.26 bits per heavy atom. The average Bonchev–Trinajstić information content (AvgIpc) is 3.48. The minimum atomic E-state index is -5.49. The predicted octanol–water partition coefficient (Wildman–Crippen LogP) is 7.41. The number of amides is 2. The van der Waals surface area contributed by atoms with Crippen LogP contribution in [0.1, 0.15) is 61.5 Å². The van der Waals surface area contributed by atoms with Gasteiger partial charge in [0, 0.05) is 5.56 Å². The van der Waals surface area contributed by atoms with Gasteiger partial charge in [-0.25, -0.2) is 0 Å². The summed E-state index contributed by atoms with van der Waals surface area (Å²) in [7, 11) is 0. The molecule has 2 aliphatic heterocycles. The fourth-order valence-electron chi connectivity index (χ4n) is 4.80. The average molecular weight is 600 g/mol. The number of carbonyl (C=O) groups excluding carboxylic acids is 2. The maximum absolute atomic E-state index is 14.3. The number of hydrogen-bond acceptors (Lipinski definition) is 4. The van der Waals surface area contributed by atoms with Crippen LogP contribution in [0.5, 0.6) is 0 Å². The zero-order chi connectivity index (χ0) is 30.8. The van der Waals surface area contributed by atoms with Crippen molar-refractivity contribution in [2.24, 2.45) is 0 Å². The molecule has 42 heavy (non-hydrogen) atoms. The molecule has 1 N–H and O–H groups in total. The number of nitrogens with one attached hydrogen (secondary N) is 1. The van der Waals surface area contributed by atoms with Gasteiger partial charge in [0.05, 0.1) is 34.0 Å². The highest BCUT2D eigenvalue weighted by Gasteiger charge is 2.60. The van der Waals surface area contributed by atoms with Gasteiger partial charge in [-0.2, -0.15) is 39.5 Å². The van der Waals surface area contributed by atoms with Crippen molar-refractivity contribution < 1.29 is 53.9 Å². The van der Waals surface area contributed by atoms with E-state index in [1.165, 1.54) is 36.4 Å². The van der Waals surface area contributed by atoms with E-state index >= 15 is 0 Å². The van der Waals surface area contributed by atoms with Gasteiger partial charge in [-0.15, -0.1) is 0 Å². The molecule has 2 unspecified atom stereocenters. The van der Waals surface area contributed by atoms with Crippen LogP contribution in [0.4, 0.5) is 39.5 Å². The highest BCUT2D eigenvalue weighted by molar-refractivity contribution is 6.21. The van der Waals surface area contributed by atoms with Gasteiger partial charge < -0.3 is 0 Å². The molecule has 5 rings (SSSR count). The smallest absolute Gasteiger partial charge is 0.269 e. The van der Waals surface area contributed by atoms with Crippen molar-refractivity contribution in [3.05, 3.63) is 112 Å². The number of fused-ring (bicyclic) bond motifs is 1. The summed E-state index contributed by atoms with van der Waals surface area (Å²) in [6.45, 7) is 1.56. The molecule has 2 amide bonds. The molecule has 0 aromatic heterocycles. The number of halogens is 9. The molecular weight excluding hydrogens is 583 g/mol. The molecule has 2 atom stereocenters. The van der Waals surface area contributed by atoms with E-state index in [-0.39, 0.29) is 34.9 Å². The van der Waals surface area contributed by atoms with E-state index in [4.69, 9.17) is 4.84 Å². The SMILES string of the molecule is CC(c1ccc(C2=CC(c3cc(C(F)(F)F)cc(C(F)(F)F)c3)(C(F)(F)F)ON2)cc1)N1C(=O)c2ccccc2C1=O. The minimum Gasteiger partial charge on any atom is -0.269 e. The van der Waals surface area contributed by atoms with Crippen LogP contribution < -0.4 is 5.48 Å². The molecule has 2 heterocycles. The summed E-state index contributed by atoms with van der Waals surface area (Å²) in [5, 5.41) is 0. The molecule has 0 spiro atoms. The van der Waals surface area contributed by atoms with Crippen LogP contribution in [-0.4, -0.2) is 22.9 Å². The van der Waals surface area contributed by atoms with Gasteiger partial charge in [0.25, 0.3) is 11.8 Å². The largest absolute Gasteiger partial charge is 0.428 e. The first-order valence-electron chi connectivity index (χ1n) is 12.0. The third-order valence-electron chi connectivity index (χ3n) is 7.02. The molecule has 0 radical (unpaired) electrons. The second-order valence-corrected chi connectivity index (χ2v) is 9.61. The molecule has 14 heteroatoms. The summed E-state index contributed by atoms with van der Waals surface area (Å²) in [6.07, 6.45) is -15.9. The van der Waals surface area contributed by atoms with Crippen LogP contribution in [0.2, 0.25) is 0 Å². The molecule has 0 fully saturated rings. The summed E-state index contributed by atoms with van der Waals surface area (Å²) in [5.74, 6) is -1.06. The Kier molecular flexibility index (Phi) is 6.68. The molecule has 0 aliphatic carbocycles. The zero-order valence-corrected chi connectivity index (χ0v) is 21.1. The van der Waals surface area contributed by atoms with Gasteiger partial charge in [-0.3, -0.25) is 24.8 Å². The molecule has 3 aromatic carbocycles. The second-order valence-electron chi connectivity index (χ2n) is 9.61. The van der Waals surface area contributed by atoms with E-state index in [1.54, 1.807) is 19.1 Å². The van der Waals surface area contributed by atoms with Gasteiger partial charge in [0.1, 0.15) is 0 Å². The lowest BCUT2D eigenvalue weighted by atomic mass is 9.88. The molecule has 0 bridgehead atoms. The van der Waals surface area contributed by atoms with Crippen LogP contribution in [-0.2, 0) is 22.8 Å². The third-order valence-corrected chi connectivity index (χ3v) is 7.02. The van der Waals surface area contributed by atoms with Gasteiger partial charge in [-0.1, -0.05) is 36.4 Å². The normalized spacial score (nSPS) is 20.0. The molecule has 3 aromatic rings. The Labute approximate surface area is 231 Å². The van der Waals surface area contributed by atoms with Crippen molar-refractivity contribution in [3.8, 4) is 0 Å². The Hall–Kier alpha value is -4.33. The minimum absolute atomic E-state index is 0.0301. The number of nitrogens with zero attached hydrogens (tertiary/aromatic N) is 1.